The van der Waals surface area contributed by atoms with Crippen molar-refractivity contribution in [3.05, 3.63) is 11.1 Å². The fraction of sp³-hybridized carbons (Fsp3) is 0.636. The zero-order valence-corrected chi connectivity index (χ0v) is 10.6. The molecule has 0 saturated carbocycles. The van der Waals surface area contributed by atoms with Crippen molar-refractivity contribution in [2.45, 2.75) is 26.3 Å². The number of carbonyl (C=O) groups is 1. The van der Waals surface area contributed by atoms with Crippen molar-refractivity contribution in [2.24, 2.45) is 5.92 Å². The minimum Gasteiger partial charge on any atom is -0.464 e. The van der Waals surface area contributed by atoms with Crippen LogP contribution in [0, 0.1) is 5.92 Å². The summed E-state index contributed by atoms with van der Waals surface area (Å²) in [5.41, 5.74) is 0.411. The van der Waals surface area contributed by atoms with Gasteiger partial charge in [0.2, 0.25) is 0 Å². The largest absolute Gasteiger partial charge is 0.464 e. The summed E-state index contributed by atoms with van der Waals surface area (Å²) in [6.07, 6.45) is 1.19. The van der Waals surface area contributed by atoms with Crippen molar-refractivity contribution in [2.75, 3.05) is 18.6 Å². The summed E-state index contributed by atoms with van der Waals surface area (Å²) in [4.78, 5) is 17.9. The van der Waals surface area contributed by atoms with Crippen LogP contribution in [-0.4, -0.2) is 30.6 Å². The Kier molecular flexibility index (Phi) is 3.14. The summed E-state index contributed by atoms with van der Waals surface area (Å²) in [7, 11) is 1.38. The molecule has 1 aromatic heterocycles. The minimum atomic E-state index is -0.359. The number of hydrogen-bond acceptors (Lipinski definition) is 5. The first kappa shape index (κ1) is 11.4. The predicted molar refractivity (Wildman–Crippen MR) is 64.0 cm³/mol. The van der Waals surface area contributed by atoms with Gasteiger partial charge in [-0.05, 0) is 19.3 Å². The zero-order chi connectivity index (χ0) is 11.7. The van der Waals surface area contributed by atoms with Crippen molar-refractivity contribution < 1.29 is 9.53 Å². The molecule has 2 atom stereocenters. The molecule has 0 amide bonds. The van der Waals surface area contributed by atoms with E-state index >= 15 is 0 Å². The van der Waals surface area contributed by atoms with Crippen molar-refractivity contribution in [1.29, 1.82) is 0 Å². The highest BCUT2D eigenvalue weighted by Crippen LogP contribution is 2.31. The van der Waals surface area contributed by atoms with Gasteiger partial charge < -0.3 is 9.64 Å². The summed E-state index contributed by atoms with van der Waals surface area (Å²) < 4.78 is 4.65. The van der Waals surface area contributed by atoms with Crippen LogP contribution in [0.5, 0.6) is 0 Å². The lowest BCUT2D eigenvalue weighted by Crippen LogP contribution is -2.26. The molecule has 1 fully saturated rings. The first-order valence-corrected chi connectivity index (χ1v) is 6.30. The van der Waals surface area contributed by atoms with E-state index in [9.17, 15) is 4.79 Å². The molecule has 88 valence electrons. The molecule has 0 radical (unpaired) electrons. The molecular weight excluding hydrogens is 224 g/mol. The molecule has 0 aromatic carbocycles. The molecule has 1 saturated heterocycles. The van der Waals surface area contributed by atoms with Gasteiger partial charge in [0.25, 0.3) is 0 Å². The van der Waals surface area contributed by atoms with Crippen molar-refractivity contribution in [1.82, 2.24) is 4.98 Å². The molecule has 2 unspecified atom stereocenters. The van der Waals surface area contributed by atoms with Gasteiger partial charge in [-0.2, -0.15) is 0 Å². The Bertz CT molecular complexity index is 391. The molecule has 0 spiro atoms. The molecule has 1 aliphatic rings. The molecule has 1 aromatic rings. The maximum atomic E-state index is 11.3. The van der Waals surface area contributed by atoms with Gasteiger partial charge in [-0.15, -0.1) is 11.3 Å². The molecule has 2 heterocycles. The number of esters is 1. The number of ether oxygens (including phenoxy) is 1. The highest BCUT2D eigenvalue weighted by Gasteiger charge is 2.28. The Morgan fingerprint density at radius 3 is 2.94 bits per heavy atom. The monoisotopic (exact) mass is 240 g/mol. The number of rotatable bonds is 2. The fourth-order valence-corrected chi connectivity index (χ4v) is 3.07. The van der Waals surface area contributed by atoms with Crippen molar-refractivity contribution in [3.8, 4) is 0 Å². The van der Waals surface area contributed by atoms with E-state index in [0.717, 1.165) is 11.7 Å². The molecule has 4 nitrogen and oxygen atoms in total. The lowest BCUT2D eigenvalue weighted by atomic mass is 10.1. The van der Waals surface area contributed by atoms with Gasteiger partial charge in [-0.3, -0.25) is 0 Å². The molecule has 5 heteroatoms. The van der Waals surface area contributed by atoms with Crippen LogP contribution in [-0.2, 0) is 4.74 Å². The maximum Gasteiger partial charge on any atom is 0.357 e. The van der Waals surface area contributed by atoms with Crippen LogP contribution < -0.4 is 4.90 Å². The van der Waals surface area contributed by atoms with E-state index in [1.807, 2.05) is 0 Å². The molecule has 16 heavy (non-hydrogen) atoms. The number of methoxy groups -OCH3 is 1. The first-order valence-electron chi connectivity index (χ1n) is 5.42. The smallest absolute Gasteiger partial charge is 0.357 e. The summed E-state index contributed by atoms with van der Waals surface area (Å²) in [5.74, 6) is 0.336. The van der Waals surface area contributed by atoms with Crippen LogP contribution in [0.2, 0.25) is 0 Å². The van der Waals surface area contributed by atoms with Crippen LogP contribution in [0.15, 0.2) is 5.38 Å². The third kappa shape index (κ3) is 2.04. The summed E-state index contributed by atoms with van der Waals surface area (Å²) in [6.45, 7) is 5.46. The predicted octanol–water partition coefficient (Wildman–Crippen LogP) is 2.16. The lowest BCUT2D eigenvalue weighted by molar-refractivity contribution is 0.0595. The third-order valence-electron chi connectivity index (χ3n) is 2.92. The van der Waals surface area contributed by atoms with Gasteiger partial charge in [0.15, 0.2) is 10.8 Å². The van der Waals surface area contributed by atoms with Crippen LogP contribution in [0.3, 0.4) is 0 Å². The van der Waals surface area contributed by atoms with Crippen LogP contribution in [0.25, 0.3) is 0 Å². The Balaban J connectivity index is 2.16. The number of hydrogen-bond donors (Lipinski definition) is 0. The maximum absolute atomic E-state index is 11.3. The zero-order valence-electron chi connectivity index (χ0n) is 9.77. The SMILES string of the molecule is COC(=O)c1csc(N2CC(C)CC2C)n1. The molecule has 0 aliphatic carbocycles. The summed E-state index contributed by atoms with van der Waals surface area (Å²) in [6, 6.07) is 0.506. The second kappa shape index (κ2) is 4.41. The number of carbonyl (C=O) groups excluding carboxylic acids is 1. The second-order valence-electron chi connectivity index (χ2n) is 4.35. The quantitative estimate of drug-likeness (QED) is 0.743. The van der Waals surface area contributed by atoms with Gasteiger partial charge >= 0.3 is 5.97 Å². The fourth-order valence-electron chi connectivity index (χ4n) is 2.16. The van der Waals surface area contributed by atoms with E-state index in [1.54, 1.807) is 5.38 Å². The average Bonchev–Trinajstić information content (AvgIpc) is 2.83. The summed E-state index contributed by atoms with van der Waals surface area (Å²) in [5, 5.41) is 2.69. The molecule has 0 N–H and O–H groups in total. The number of aromatic nitrogens is 1. The van der Waals surface area contributed by atoms with E-state index in [2.05, 4.69) is 28.5 Å². The second-order valence-corrected chi connectivity index (χ2v) is 5.19. The van der Waals surface area contributed by atoms with Crippen LogP contribution in [0.4, 0.5) is 5.13 Å². The highest BCUT2D eigenvalue weighted by atomic mass is 32.1. The Morgan fingerprint density at radius 1 is 1.62 bits per heavy atom. The lowest BCUT2D eigenvalue weighted by Gasteiger charge is -2.19. The molecular formula is C11H16N2O2S. The molecule has 0 bridgehead atoms. The van der Waals surface area contributed by atoms with E-state index in [-0.39, 0.29) is 5.97 Å². The van der Waals surface area contributed by atoms with Gasteiger partial charge in [0.05, 0.1) is 7.11 Å². The van der Waals surface area contributed by atoms with Gasteiger partial charge in [0, 0.05) is 18.0 Å². The van der Waals surface area contributed by atoms with Crippen molar-refractivity contribution in [3.63, 3.8) is 0 Å². The first-order chi connectivity index (χ1) is 7.61. The van der Waals surface area contributed by atoms with Gasteiger partial charge in [0.1, 0.15) is 0 Å². The van der Waals surface area contributed by atoms with Gasteiger partial charge in [-0.1, -0.05) is 6.92 Å². The topological polar surface area (TPSA) is 42.4 Å². The van der Waals surface area contributed by atoms with Crippen LogP contribution >= 0.6 is 11.3 Å². The normalized spacial score (nSPS) is 24.8. The van der Waals surface area contributed by atoms with E-state index in [1.165, 1.54) is 24.9 Å². The average molecular weight is 240 g/mol. The molecule has 1 aliphatic heterocycles. The Morgan fingerprint density at radius 2 is 2.38 bits per heavy atom. The summed E-state index contributed by atoms with van der Waals surface area (Å²) >= 11 is 1.51. The highest BCUT2D eigenvalue weighted by molar-refractivity contribution is 7.13. The number of nitrogens with zero attached hydrogens (tertiary/aromatic N) is 2. The van der Waals surface area contributed by atoms with E-state index in [0.29, 0.717) is 17.7 Å². The number of thiazole rings is 1. The van der Waals surface area contributed by atoms with Gasteiger partial charge in [-0.25, -0.2) is 9.78 Å². The van der Waals surface area contributed by atoms with Crippen LogP contribution in [0.1, 0.15) is 30.8 Å². The third-order valence-corrected chi connectivity index (χ3v) is 3.79. The van der Waals surface area contributed by atoms with E-state index < -0.39 is 0 Å². The molecule has 2 rings (SSSR count). The Hall–Kier alpha value is -1.10. The van der Waals surface area contributed by atoms with E-state index in [4.69, 9.17) is 0 Å². The number of anilines is 1. The Labute approximate surface area is 99.2 Å². The minimum absolute atomic E-state index is 0.359. The standard InChI is InChI=1S/C11H16N2O2S/c1-7-4-8(2)13(5-7)11-12-9(6-16-11)10(14)15-3/h6-8H,4-5H2,1-3H3. The van der Waals surface area contributed by atoms with Crippen molar-refractivity contribution >= 4 is 22.4 Å².